The van der Waals surface area contributed by atoms with E-state index < -0.39 is 30.4 Å². The van der Waals surface area contributed by atoms with Crippen molar-refractivity contribution < 1.29 is 19.5 Å². The standard InChI is InChI=1S/C12H21N3O4/c1-2-3-8-4-5-15(7-8)12(19)14-9(11(17)18)6-10(13)16/h8-9H,2-7H2,1H3,(H2,13,16)(H,14,19)(H,17,18)/t8?,9-/m1/s1. The molecule has 19 heavy (non-hydrogen) atoms. The van der Waals surface area contributed by atoms with Crippen LogP contribution in [-0.2, 0) is 9.59 Å². The zero-order valence-corrected chi connectivity index (χ0v) is 11.1. The highest BCUT2D eigenvalue weighted by atomic mass is 16.4. The van der Waals surface area contributed by atoms with Crippen LogP contribution >= 0.6 is 0 Å². The number of aliphatic carboxylic acids is 1. The molecular weight excluding hydrogens is 250 g/mol. The maximum absolute atomic E-state index is 11.9. The van der Waals surface area contributed by atoms with Crippen LogP contribution in [0.4, 0.5) is 4.79 Å². The maximum Gasteiger partial charge on any atom is 0.326 e. The van der Waals surface area contributed by atoms with Crippen LogP contribution in [0.25, 0.3) is 0 Å². The lowest BCUT2D eigenvalue weighted by molar-refractivity contribution is -0.140. The molecule has 4 N–H and O–H groups in total. The third-order valence-corrected chi connectivity index (χ3v) is 3.27. The molecule has 0 spiro atoms. The number of primary amides is 1. The fourth-order valence-corrected chi connectivity index (χ4v) is 2.30. The van der Waals surface area contributed by atoms with Crippen LogP contribution in [0.3, 0.4) is 0 Å². The second-order valence-corrected chi connectivity index (χ2v) is 4.90. The van der Waals surface area contributed by atoms with E-state index in [4.69, 9.17) is 10.8 Å². The summed E-state index contributed by atoms with van der Waals surface area (Å²) in [5.74, 6) is -1.52. The van der Waals surface area contributed by atoms with E-state index in [0.717, 1.165) is 19.3 Å². The van der Waals surface area contributed by atoms with Gasteiger partial charge in [-0.05, 0) is 18.8 Å². The van der Waals surface area contributed by atoms with Gasteiger partial charge in [0.25, 0.3) is 0 Å². The number of hydrogen-bond donors (Lipinski definition) is 3. The molecule has 0 aliphatic carbocycles. The van der Waals surface area contributed by atoms with Crippen LogP contribution in [0.15, 0.2) is 0 Å². The molecule has 0 aromatic carbocycles. The molecule has 0 radical (unpaired) electrons. The van der Waals surface area contributed by atoms with Crippen molar-refractivity contribution in [3.63, 3.8) is 0 Å². The summed E-state index contributed by atoms with van der Waals surface area (Å²) in [6, 6.07) is -1.69. The first-order chi connectivity index (χ1) is 8.93. The number of nitrogens with zero attached hydrogens (tertiary/aromatic N) is 1. The average molecular weight is 271 g/mol. The average Bonchev–Trinajstić information content (AvgIpc) is 2.76. The molecule has 2 atom stereocenters. The first-order valence-corrected chi connectivity index (χ1v) is 6.50. The van der Waals surface area contributed by atoms with Crippen molar-refractivity contribution in [3.8, 4) is 0 Å². The fourth-order valence-electron chi connectivity index (χ4n) is 2.30. The monoisotopic (exact) mass is 271 g/mol. The van der Waals surface area contributed by atoms with Crippen LogP contribution in [0.5, 0.6) is 0 Å². The zero-order chi connectivity index (χ0) is 14.4. The van der Waals surface area contributed by atoms with E-state index in [9.17, 15) is 14.4 Å². The smallest absolute Gasteiger partial charge is 0.326 e. The highest BCUT2D eigenvalue weighted by molar-refractivity contribution is 5.87. The third-order valence-electron chi connectivity index (χ3n) is 3.27. The molecule has 7 nitrogen and oxygen atoms in total. The van der Waals surface area contributed by atoms with Crippen molar-refractivity contribution >= 4 is 17.9 Å². The molecule has 0 aromatic heterocycles. The summed E-state index contributed by atoms with van der Waals surface area (Å²) < 4.78 is 0. The normalized spacial score (nSPS) is 20.1. The van der Waals surface area contributed by atoms with Gasteiger partial charge in [0.05, 0.1) is 6.42 Å². The molecule has 0 saturated carbocycles. The van der Waals surface area contributed by atoms with Gasteiger partial charge in [-0.3, -0.25) is 4.79 Å². The minimum Gasteiger partial charge on any atom is -0.480 e. The van der Waals surface area contributed by atoms with E-state index in [0.29, 0.717) is 19.0 Å². The summed E-state index contributed by atoms with van der Waals surface area (Å²) in [4.78, 5) is 35.1. The largest absolute Gasteiger partial charge is 0.480 e. The molecule has 108 valence electrons. The molecule has 1 saturated heterocycles. The van der Waals surface area contributed by atoms with Crippen molar-refractivity contribution in [2.75, 3.05) is 13.1 Å². The Kier molecular flexibility index (Phi) is 5.59. The summed E-state index contributed by atoms with van der Waals surface area (Å²) in [6.45, 7) is 3.36. The molecule has 3 amide bonds. The van der Waals surface area contributed by atoms with Gasteiger partial charge in [-0.1, -0.05) is 13.3 Å². The van der Waals surface area contributed by atoms with Gasteiger partial charge in [-0.2, -0.15) is 0 Å². The van der Waals surface area contributed by atoms with E-state index in [2.05, 4.69) is 12.2 Å². The number of carbonyl (C=O) groups is 3. The number of nitrogens with two attached hydrogens (primary N) is 1. The molecule has 0 aromatic rings. The molecule has 1 unspecified atom stereocenters. The van der Waals surface area contributed by atoms with Crippen molar-refractivity contribution in [1.29, 1.82) is 0 Å². The van der Waals surface area contributed by atoms with Gasteiger partial charge >= 0.3 is 12.0 Å². The fraction of sp³-hybridized carbons (Fsp3) is 0.750. The number of urea groups is 1. The Hall–Kier alpha value is -1.79. The minimum absolute atomic E-state index is 0.396. The van der Waals surface area contributed by atoms with Gasteiger partial charge in [0.15, 0.2) is 0 Å². The van der Waals surface area contributed by atoms with Crippen molar-refractivity contribution in [2.45, 2.75) is 38.6 Å². The molecule has 7 heteroatoms. The number of hydrogen-bond acceptors (Lipinski definition) is 3. The summed E-state index contributed by atoms with van der Waals surface area (Å²) >= 11 is 0. The van der Waals surface area contributed by atoms with E-state index in [1.54, 1.807) is 4.90 Å². The molecule has 1 fully saturated rings. The van der Waals surface area contributed by atoms with Crippen molar-refractivity contribution in [2.24, 2.45) is 11.7 Å². The highest BCUT2D eigenvalue weighted by Gasteiger charge is 2.29. The predicted octanol–water partition coefficient (Wildman–Crippen LogP) is 0.147. The van der Waals surface area contributed by atoms with Crippen LogP contribution in [0.1, 0.15) is 32.6 Å². The Morgan fingerprint density at radius 1 is 1.47 bits per heavy atom. The lowest BCUT2D eigenvalue weighted by Gasteiger charge is -2.20. The number of carbonyl (C=O) groups excluding carboxylic acids is 2. The predicted molar refractivity (Wildman–Crippen MR) is 68.4 cm³/mol. The third kappa shape index (κ3) is 4.76. The Bertz CT molecular complexity index is 359. The Morgan fingerprint density at radius 2 is 2.16 bits per heavy atom. The number of rotatable bonds is 6. The van der Waals surface area contributed by atoms with Gasteiger partial charge in [-0.25, -0.2) is 9.59 Å². The SMILES string of the molecule is CCCC1CCN(C(=O)N[C@H](CC(N)=O)C(=O)O)C1. The topological polar surface area (TPSA) is 113 Å². The second kappa shape index (κ2) is 6.96. The van der Waals surface area contributed by atoms with E-state index in [-0.39, 0.29) is 0 Å². The summed E-state index contributed by atoms with van der Waals surface area (Å²) in [6.07, 6.45) is 2.68. The summed E-state index contributed by atoms with van der Waals surface area (Å²) in [5, 5.41) is 11.2. The first-order valence-electron chi connectivity index (χ1n) is 6.50. The second-order valence-electron chi connectivity index (χ2n) is 4.90. The summed E-state index contributed by atoms with van der Waals surface area (Å²) in [7, 11) is 0. The van der Waals surface area contributed by atoms with Crippen molar-refractivity contribution in [3.05, 3.63) is 0 Å². The molecule has 1 rings (SSSR count). The van der Waals surface area contributed by atoms with Gasteiger partial charge in [0.1, 0.15) is 6.04 Å². The van der Waals surface area contributed by atoms with Gasteiger partial charge < -0.3 is 21.1 Å². The van der Waals surface area contributed by atoms with Crippen LogP contribution in [-0.4, -0.2) is 47.0 Å². The van der Waals surface area contributed by atoms with Gasteiger partial charge in [-0.15, -0.1) is 0 Å². The van der Waals surface area contributed by atoms with E-state index >= 15 is 0 Å². The Morgan fingerprint density at radius 3 is 2.68 bits per heavy atom. The zero-order valence-electron chi connectivity index (χ0n) is 11.1. The van der Waals surface area contributed by atoms with Crippen molar-refractivity contribution in [1.82, 2.24) is 10.2 Å². The first kappa shape index (κ1) is 15.3. The summed E-state index contributed by atoms with van der Waals surface area (Å²) in [5.41, 5.74) is 4.95. The number of carboxylic acid groups (broad SMARTS) is 1. The highest BCUT2D eigenvalue weighted by Crippen LogP contribution is 2.20. The van der Waals surface area contributed by atoms with Crippen LogP contribution in [0, 0.1) is 5.92 Å². The Balaban J connectivity index is 2.49. The number of amides is 3. The lowest BCUT2D eigenvalue weighted by Crippen LogP contribution is -2.48. The lowest BCUT2D eigenvalue weighted by atomic mass is 10.0. The molecule has 1 aliphatic rings. The quantitative estimate of drug-likeness (QED) is 0.638. The molecule has 1 heterocycles. The number of likely N-dealkylation sites (tertiary alicyclic amines) is 1. The number of carboxylic acids is 1. The molecule has 1 aliphatic heterocycles. The Labute approximate surface area is 112 Å². The van der Waals surface area contributed by atoms with E-state index in [1.165, 1.54) is 0 Å². The molecule has 0 bridgehead atoms. The van der Waals surface area contributed by atoms with Crippen LogP contribution < -0.4 is 11.1 Å². The maximum atomic E-state index is 11.9. The van der Waals surface area contributed by atoms with Gasteiger partial charge in [0, 0.05) is 13.1 Å². The minimum atomic E-state index is -1.25. The number of nitrogens with one attached hydrogen (secondary N) is 1. The van der Waals surface area contributed by atoms with Gasteiger partial charge in [0.2, 0.25) is 5.91 Å². The molecular formula is C12H21N3O4. The van der Waals surface area contributed by atoms with Crippen LogP contribution in [0.2, 0.25) is 0 Å². The van der Waals surface area contributed by atoms with E-state index in [1.807, 2.05) is 0 Å².